The molecule has 1 heterocycles. The van der Waals surface area contributed by atoms with Gasteiger partial charge in [-0.15, -0.1) is 0 Å². The summed E-state index contributed by atoms with van der Waals surface area (Å²) >= 11 is 2.37. The predicted octanol–water partition coefficient (Wildman–Crippen LogP) is 4.83. The molecule has 0 amide bonds. The Balaban J connectivity index is 1.89. The standard InChI is InChI=1S/C22H24IN3O2/c1-17-21(22(27)26(25(17)2)19-11-4-3-5-12-19)24-16-18-10-6-7-13-20(18)28-15-9-8-14-23/h3-7,10-13,16H,8-9,14-15H2,1-2H3. The van der Waals surface area contributed by atoms with Crippen molar-refractivity contribution >= 4 is 34.5 Å². The lowest BCUT2D eigenvalue weighted by atomic mass is 10.2. The molecule has 28 heavy (non-hydrogen) atoms. The number of hydrogen-bond donors (Lipinski definition) is 0. The number of unbranched alkanes of at least 4 members (excludes halogenated alkanes) is 1. The van der Waals surface area contributed by atoms with Gasteiger partial charge in [0.2, 0.25) is 0 Å². The first kappa shape index (κ1) is 20.4. The van der Waals surface area contributed by atoms with E-state index in [2.05, 4.69) is 27.6 Å². The first-order valence-corrected chi connectivity index (χ1v) is 10.8. The van der Waals surface area contributed by atoms with Crippen LogP contribution in [0.25, 0.3) is 5.69 Å². The van der Waals surface area contributed by atoms with Crippen LogP contribution in [0.15, 0.2) is 64.4 Å². The van der Waals surface area contributed by atoms with Gasteiger partial charge in [0.15, 0.2) is 5.69 Å². The average molecular weight is 489 g/mol. The zero-order valence-corrected chi connectivity index (χ0v) is 18.3. The van der Waals surface area contributed by atoms with Crippen molar-refractivity contribution in [2.45, 2.75) is 19.8 Å². The Morgan fingerprint density at radius 2 is 1.79 bits per heavy atom. The highest BCUT2D eigenvalue weighted by Crippen LogP contribution is 2.20. The van der Waals surface area contributed by atoms with Crippen LogP contribution >= 0.6 is 22.6 Å². The normalized spacial score (nSPS) is 11.2. The van der Waals surface area contributed by atoms with Gasteiger partial charge in [-0.3, -0.25) is 9.48 Å². The monoisotopic (exact) mass is 489 g/mol. The highest BCUT2D eigenvalue weighted by atomic mass is 127. The maximum atomic E-state index is 13.0. The number of aliphatic imine (C=N–C) groups is 1. The summed E-state index contributed by atoms with van der Waals surface area (Å²) < 4.78 is 10.5. The van der Waals surface area contributed by atoms with Crippen molar-refractivity contribution in [3.05, 3.63) is 76.2 Å². The van der Waals surface area contributed by atoms with E-state index in [4.69, 9.17) is 4.74 Å². The summed E-state index contributed by atoms with van der Waals surface area (Å²) in [6.45, 7) is 2.58. The van der Waals surface area contributed by atoms with Gasteiger partial charge in [0.05, 0.1) is 18.0 Å². The molecule has 0 N–H and O–H groups in total. The first-order valence-electron chi connectivity index (χ1n) is 9.29. The van der Waals surface area contributed by atoms with E-state index in [-0.39, 0.29) is 5.56 Å². The zero-order valence-electron chi connectivity index (χ0n) is 16.1. The second kappa shape index (κ2) is 9.73. The van der Waals surface area contributed by atoms with E-state index in [0.29, 0.717) is 12.3 Å². The minimum Gasteiger partial charge on any atom is -0.493 e. The van der Waals surface area contributed by atoms with Crippen LogP contribution in [0.4, 0.5) is 5.69 Å². The molecule has 0 saturated carbocycles. The molecule has 0 atom stereocenters. The van der Waals surface area contributed by atoms with Crippen LogP contribution < -0.4 is 10.3 Å². The van der Waals surface area contributed by atoms with E-state index < -0.39 is 0 Å². The maximum absolute atomic E-state index is 13.0. The average Bonchev–Trinajstić information content (AvgIpc) is 2.93. The fourth-order valence-corrected chi connectivity index (χ4v) is 3.47. The molecule has 0 saturated heterocycles. The Hall–Kier alpha value is -2.35. The Kier molecular flexibility index (Phi) is 7.08. The summed E-state index contributed by atoms with van der Waals surface area (Å²) in [5, 5.41) is 0. The van der Waals surface area contributed by atoms with Crippen LogP contribution in [0.3, 0.4) is 0 Å². The second-order valence-corrected chi connectivity index (χ2v) is 7.53. The van der Waals surface area contributed by atoms with Gasteiger partial charge in [-0.2, -0.15) is 0 Å². The Bertz CT molecular complexity index is 1010. The molecule has 6 heteroatoms. The minimum absolute atomic E-state index is 0.136. The van der Waals surface area contributed by atoms with Crippen LogP contribution in [0.1, 0.15) is 24.1 Å². The molecule has 0 bridgehead atoms. The number of alkyl halides is 1. The van der Waals surface area contributed by atoms with Crippen molar-refractivity contribution < 1.29 is 4.74 Å². The summed E-state index contributed by atoms with van der Waals surface area (Å²) in [4.78, 5) is 17.5. The Morgan fingerprint density at radius 1 is 1.07 bits per heavy atom. The summed E-state index contributed by atoms with van der Waals surface area (Å²) in [6, 6.07) is 17.4. The van der Waals surface area contributed by atoms with Crippen LogP contribution in [-0.2, 0) is 7.05 Å². The molecule has 0 fully saturated rings. The number of halogens is 1. The first-order chi connectivity index (χ1) is 13.6. The predicted molar refractivity (Wildman–Crippen MR) is 123 cm³/mol. The summed E-state index contributed by atoms with van der Waals surface area (Å²) in [5.74, 6) is 0.789. The van der Waals surface area contributed by atoms with Gasteiger partial charge >= 0.3 is 0 Å². The second-order valence-electron chi connectivity index (χ2n) is 6.45. The highest BCUT2D eigenvalue weighted by Gasteiger charge is 2.15. The minimum atomic E-state index is -0.136. The lowest BCUT2D eigenvalue weighted by molar-refractivity contribution is 0.310. The van der Waals surface area contributed by atoms with Crippen molar-refractivity contribution in [3.8, 4) is 11.4 Å². The third-order valence-corrected chi connectivity index (χ3v) is 5.32. The quantitative estimate of drug-likeness (QED) is 0.197. The highest BCUT2D eigenvalue weighted by molar-refractivity contribution is 14.1. The molecule has 3 aromatic rings. The fraction of sp³-hybridized carbons (Fsp3) is 0.273. The molecule has 0 radical (unpaired) electrons. The molecular weight excluding hydrogens is 465 g/mol. The van der Waals surface area contributed by atoms with Crippen LogP contribution in [0, 0.1) is 6.92 Å². The third kappa shape index (κ3) is 4.55. The summed E-state index contributed by atoms with van der Waals surface area (Å²) in [5.41, 5.74) is 2.80. The number of ether oxygens (including phenoxy) is 1. The number of rotatable bonds is 8. The van der Waals surface area contributed by atoms with Crippen molar-refractivity contribution in [1.29, 1.82) is 0 Å². The fourth-order valence-electron chi connectivity index (χ4n) is 2.93. The molecule has 5 nitrogen and oxygen atoms in total. The van der Waals surface area contributed by atoms with Gasteiger partial charge in [-0.05, 0) is 48.5 Å². The van der Waals surface area contributed by atoms with Gasteiger partial charge in [0.1, 0.15) is 5.75 Å². The molecule has 0 spiro atoms. The lowest BCUT2D eigenvalue weighted by Gasteiger charge is -2.08. The number of nitrogens with zero attached hydrogens (tertiary/aromatic N) is 3. The molecule has 0 aliphatic carbocycles. The van der Waals surface area contributed by atoms with Crippen molar-refractivity contribution in [2.75, 3.05) is 11.0 Å². The molecule has 146 valence electrons. The third-order valence-electron chi connectivity index (χ3n) is 4.56. The van der Waals surface area contributed by atoms with Crippen molar-refractivity contribution in [3.63, 3.8) is 0 Å². The number of aromatic nitrogens is 2. The molecular formula is C22H24IN3O2. The number of para-hydroxylation sites is 2. The van der Waals surface area contributed by atoms with Crippen LogP contribution in [0.2, 0.25) is 0 Å². The molecule has 2 aromatic carbocycles. The van der Waals surface area contributed by atoms with Gasteiger partial charge in [0.25, 0.3) is 5.56 Å². The zero-order chi connectivity index (χ0) is 19.9. The number of hydrogen-bond acceptors (Lipinski definition) is 3. The maximum Gasteiger partial charge on any atom is 0.297 e. The summed E-state index contributed by atoms with van der Waals surface area (Å²) in [7, 11) is 1.87. The largest absolute Gasteiger partial charge is 0.493 e. The van der Waals surface area contributed by atoms with Crippen molar-refractivity contribution in [1.82, 2.24) is 9.36 Å². The van der Waals surface area contributed by atoms with Gasteiger partial charge in [-0.25, -0.2) is 9.67 Å². The SMILES string of the molecule is Cc1c(N=Cc2ccccc2OCCCCI)c(=O)n(-c2ccccc2)n1C. The van der Waals surface area contributed by atoms with Crippen molar-refractivity contribution in [2.24, 2.45) is 12.0 Å². The molecule has 3 rings (SSSR count). The van der Waals surface area contributed by atoms with E-state index in [1.165, 1.54) is 0 Å². The molecule has 1 aromatic heterocycles. The molecule has 0 aliphatic rings. The Labute approximate surface area is 178 Å². The van der Waals surface area contributed by atoms with Crippen LogP contribution in [0.5, 0.6) is 5.75 Å². The van der Waals surface area contributed by atoms with Gasteiger partial charge in [-0.1, -0.05) is 52.9 Å². The summed E-state index contributed by atoms with van der Waals surface area (Å²) in [6.07, 6.45) is 3.87. The smallest absolute Gasteiger partial charge is 0.297 e. The topological polar surface area (TPSA) is 48.5 Å². The van der Waals surface area contributed by atoms with E-state index in [9.17, 15) is 4.79 Å². The number of benzene rings is 2. The van der Waals surface area contributed by atoms with Crippen LogP contribution in [-0.4, -0.2) is 26.6 Å². The van der Waals surface area contributed by atoms with E-state index in [0.717, 1.165) is 40.0 Å². The van der Waals surface area contributed by atoms with Gasteiger partial charge in [0, 0.05) is 18.8 Å². The Morgan fingerprint density at radius 3 is 2.54 bits per heavy atom. The molecule has 0 unspecified atom stereocenters. The van der Waals surface area contributed by atoms with E-state index in [1.807, 2.05) is 73.3 Å². The van der Waals surface area contributed by atoms with Gasteiger partial charge < -0.3 is 4.74 Å². The van der Waals surface area contributed by atoms with E-state index >= 15 is 0 Å². The molecule has 0 aliphatic heterocycles. The lowest BCUT2D eigenvalue weighted by Crippen LogP contribution is -2.19. The van der Waals surface area contributed by atoms with E-state index in [1.54, 1.807) is 10.9 Å².